The number of hydrogen-bond donors (Lipinski definition) is 0. The van der Waals surface area contributed by atoms with E-state index in [2.05, 4.69) is 19.9 Å². The highest BCUT2D eigenvalue weighted by Crippen LogP contribution is 2.09. The van der Waals surface area contributed by atoms with Gasteiger partial charge < -0.3 is 4.90 Å². The minimum atomic E-state index is 0.0129. The highest BCUT2D eigenvalue weighted by atomic mass is 16.2. The summed E-state index contributed by atoms with van der Waals surface area (Å²) in [4.78, 5) is 14.1. The number of carbonyl (C=O) groups is 1. The molecule has 1 rings (SSSR count). The number of hydrogen-bond acceptors (Lipinski definition) is 2. The Labute approximate surface area is 109 Å². The lowest BCUT2D eigenvalue weighted by molar-refractivity contribution is 0.0740. The number of aryl methyl sites for hydroxylation is 1. The van der Waals surface area contributed by atoms with Crippen molar-refractivity contribution >= 4 is 5.91 Å². The normalized spacial score (nSPS) is 10.2. The van der Waals surface area contributed by atoms with Crippen LogP contribution in [0, 0.1) is 24.2 Å². The van der Waals surface area contributed by atoms with Crippen molar-refractivity contribution in [3.8, 4) is 6.07 Å². The average molecular weight is 244 g/mol. The van der Waals surface area contributed by atoms with Crippen molar-refractivity contribution in [2.45, 2.75) is 27.2 Å². The van der Waals surface area contributed by atoms with Gasteiger partial charge in [-0.3, -0.25) is 4.79 Å². The third-order valence-corrected chi connectivity index (χ3v) is 2.66. The molecule has 0 saturated heterocycles. The van der Waals surface area contributed by atoms with E-state index in [1.807, 2.05) is 31.2 Å². The maximum atomic E-state index is 12.3. The summed E-state index contributed by atoms with van der Waals surface area (Å²) in [5.74, 6) is 0.414. The smallest absolute Gasteiger partial charge is 0.253 e. The van der Waals surface area contributed by atoms with Crippen LogP contribution < -0.4 is 0 Å². The molecule has 18 heavy (non-hydrogen) atoms. The van der Waals surface area contributed by atoms with Crippen LogP contribution in [0.25, 0.3) is 0 Å². The standard InChI is InChI=1S/C15H20N2O/c1-12(2)11-17(10-4-9-16)15(18)14-7-5-13(3)6-8-14/h5-8,12H,4,10-11H2,1-3H3. The summed E-state index contributed by atoms with van der Waals surface area (Å²) in [5, 5.41) is 8.65. The molecule has 0 bridgehead atoms. The van der Waals surface area contributed by atoms with Crippen LogP contribution in [-0.4, -0.2) is 23.9 Å². The van der Waals surface area contributed by atoms with Crippen LogP contribution in [0.2, 0.25) is 0 Å². The Kier molecular flexibility index (Phi) is 5.38. The SMILES string of the molecule is Cc1ccc(C(=O)N(CCC#N)CC(C)C)cc1. The molecule has 96 valence electrons. The third-order valence-electron chi connectivity index (χ3n) is 2.66. The quantitative estimate of drug-likeness (QED) is 0.799. The fraction of sp³-hybridized carbons (Fsp3) is 0.467. The molecule has 0 saturated carbocycles. The molecule has 3 heteroatoms. The van der Waals surface area contributed by atoms with Crippen LogP contribution in [0.15, 0.2) is 24.3 Å². The van der Waals surface area contributed by atoms with Crippen LogP contribution in [-0.2, 0) is 0 Å². The highest BCUT2D eigenvalue weighted by molar-refractivity contribution is 5.94. The van der Waals surface area contributed by atoms with Gasteiger partial charge in [0.05, 0.1) is 12.5 Å². The molecule has 0 aliphatic heterocycles. The molecule has 0 radical (unpaired) electrons. The molecular weight excluding hydrogens is 224 g/mol. The third kappa shape index (κ3) is 4.21. The highest BCUT2D eigenvalue weighted by Gasteiger charge is 2.16. The first-order chi connectivity index (χ1) is 8.54. The Morgan fingerprint density at radius 1 is 1.33 bits per heavy atom. The minimum absolute atomic E-state index is 0.0129. The van der Waals surface area contributed by atoms with E-state index in [0.29, 0.717) is 31.0 Å². The average Bonchev–Trinajstić information content (AvgIpc) is 2.34. The molecule has 0 unspecified atom stereocenters. The lowest BCUT2D eigenvalue weighted by atomic mass is 10.1. The largest absolute Gasteiger partial charge is 0.337 e. The van der Waals surface area contributed by atoms with Gasteiger partial charge in [0.2, 0.25) is 0 Å². The molecule has 0 fully saturated rings. The molecule has 0 spiro atoms. The van der Waals surface area contributed by atoms with Crippen LogP contribution in [0.3, 0.4) is 0 Å². The van der Waals surface area contributed by atoms with Gasteiger partial charge in [0.15, 0.2) is 0 Å². The van der Waals surface area contributed by atoms with Crippen LogP contribution in [0.4, 0.5) is 0 Å². The van der Waals surface area contributed by atoms with Crippen molar-refractivity contribution in [2.24, 2.45) is 5.92 Å². The molecule has 1 aromatic rings. The van der Waals surface area contributed by atoms with E-state index in [-0.39, 0.29) is 5.91 Å². The Morgan fingerprint density at radius 2 is 1.94 bits per heavy atom. The number of rotatable bonds is 5. The zero-order chi connectivity index (χ0) is 13.5. The summed E-state index contributed by atoms with van der Waals surface area (Å²) < 4.78 is 0. The van der Waals surface area contributed by atoms with E-state index in [4.69, 9.17) is 5.26 Å². The van der Waals surface area contributed by atoms with E-state index in [0.717, 1.165) is 5.56 Å². The van der Waals surface area contributed by atoms with Gasteiger partial charge >= 0.3 is 0 Å². The lowest BCUT2D eigenvalue weighted by Crippen LogP contribution is -2.35. The van der Waals surface area contributed by atoms with Crippen molar-refractivity contribution < 1.29 is 4.79 Å². The maximum absolute atomic E-state index is 12.3. The Morgan fingerprint density at radius 3 is 2.44 bits per heavy atom. The molecule has 3 nitrogen and oxygen atoms in total. The first kappa shape index (κ1) is 14.2. The maximum Gasteiger partial charge on any atom is 0.253 e. The van der Waals surface area contributed by atoms with Gasteiger partial charge in [-0.2, -0.15) is 5.26 Å². The monoisotopic (exact) mass is 244 g/mol. The van der Waals surface area contributed by atoms with Gasteiger partial charge in [-0.05, 0) is 25.0 Å². The second-order valence-electron chi connectivity index (χ2n) is 4.92. The molecule has 0 aliphatic rings. The van der Waals surface area contributed by atoms with Crippen molar-refractivity contribution in [3.05, 3.63) is 35.4 Å². The summed E-state index contributed by atoms with van der Waals surface area (Å²) >= 11 is 0. The first-order valence-corrected chi connectivity index (χ1v) is 6.27. The Bertz CT molecular complexity index is 429. The number of nitrogens with zero attached hydrogens (tertiary/aromatic N) is 2. The van der Waals surface area contributed by atoms with E-state index in [1.165, 1.54) is 0 Å². The predicted octanol–water partition coefficient (Wildman–Crippen LogP) is 3.01. The summed E-state index contributed by atoms with van der Waals surface area (Å²) in [6, 6.07) is 9.65. The molecule has 0 aliphatic carbocycles. The molecule has 0 heterocycles. The minimum Gasteiger partial charge on any atom is -0.337 e. The number of nitriles is 1. The second-order valence-corrected chi connectivity index (χ2v) is 4.92. The van der Waals surface area contributed by atoms with Crippen molar-refractivity contribution in [2.75, 3.05) is 13.1 Å². The van der Waals surface area contributed by atoms with Crippen molar-refractivity contribution in [1.29, 1.82) is 5.26 Å². The molecule has 1 aromatic carbocycles. The molecular formula is C15H20N2O. The predicted molar refractivity (Wildman–Crippen MR) is 72.2 cm³/mol. The molecule has 0 atom stereocenters. The number of amides is 1. The van der Waals surface area contributed by atoms with Crippen molar-refractivity contribution in [1.82, 2.24) is 4.90 Å². The van der Waals surface area contributed by atoms with Gasteiger partial charge in [-0.25, -0.2) is 0 Å². The topological polar surface area (TPSA) is 44.1 Å². The molecule has 0 N–H and O–H groups in total. The second kappa shape index (κ2) is 6.80. The zero-order valence-corrected chi connectivity index (χ0v) is 11.3. The Balaban J connectivity index is 2.81. The summed E-state index contributed by atoms with van der Waals surface area (Å²) in [7, 11) is 0. The first-order valence-electron chi connectivity index (χ1n) is 6.27. The van der Waals surface area contributed by atoms with Gasteiger partial charge in [0.25, 0.3) is 5.91 Å². The van der Waals surface area contributed by atoms with E-state index in [9.17, 15) is 4.79 Å². The van der Waals surface area contributed by atoms with Gasteiger partial charge in [-0.15, -0.1) is 0 Å². The van der Waals surface area contributed by atoms with E-state index in [1.54, 1.807) is 4.90 Å². The summed E-state index contributed by atoms with van der Waals surface area (Å²) in [6.07, 6.45) is 0.379. The summed E-state index contributed by atoms with van der Waals surface area (Å²) in [6.45, 7) is 7.33. The molecule has 1 amide bonds. The van der Waals surface area contributed by atoms with Crippen LogP contribution in [0.1, 0.15) is 36.2 Å². The summed E-state index contributed by atoms with van der Waals surface area (Å²) in [5.41, 5.74) is 1.83. The Hall–Kier alpha value is -1.82. The van der Waals surface area contributed by atoms with Gasteiger partial charge in [-0.1, -0.05) is 31.5 Å². The number of carbonyl (C=O) groups excluding carboxylic acids is 1. The van der Waals surface area contributed by atoms with Crippen LogP contribution >= 0.6 is 0 Å². The fourth-order valence-corrected chi connectivity index (χ4v) is 1.78. The molecule has 0 aromatic heterocycles. The van der Waals surface area contributed by atoms with E-state index < -0.39 is 0 Å². The number of benzene rings is 1. The fourth-order valence-electron chi connectivity index (χ4n) is 1.78. The van der Waals surface area contributed by atoms with Gasteiger partial charge in [0.1, 0.15) is 0 Å². The van der Waals surface area contributed by atoms with E-state index >= 15 is 0 Å². The van der Waals surface area contributed by atoms with Gasteiger partial charge in [0, 0.05) is 18.7 Å². The van der Waals surface area contributed by atoms with Crippen LogP contribution in [0.5, 0.6) is 0 Å². The van der Waals surface area contributed by atoms with Crippen molar-refractivity contribution in [3.63, 3.8) is 0 Å². The lowest BCUT2D eigenvalue weighted by Gasteiger charge is -2.23. The zero-order valence-electron chi connectivity index (χ0n) is 11.3.